The van der Waals surface area contributed by atoms with Crippen LogP contribution in [0.2, 0.25) is 0 Å². The monoisotopic (exact) mass is 388 g/mol. The standard InChI is InChI=1S/C24H36O4/c1-14-12-18-19(22(4)9-6-17(27)13-21(14)22)7-10-23(5)20(18)8-11-24(23,15(2)25)28-16(3)26/h14,18-21H,6-13H2,1-5H3. The summed E-state index contributed by atoms with van der Waals surface area (Å²) in [5, 5.41) is 0. The molecule has 0 amide bonds. The fraction of sp³-hybridized carbons (Fsp3) is 0.875. The van der Waals surface area contributed by atoms with Gasteiger partial charge in [0.1, 0.15) is 5.78 Å². The van der Waals surface area contributed by atoms with Crippen LogP contribution in [0.4, 0.5) is 0 Å². The van der Waals surface area contributed by atoms with Crippen molar-refractivity contribution >= 4 is 17.5 Å². The molecular formula is C24H36O4. The van der Waals surface area contributed by atoms with E-state index in [-0.39, 0.29) is 22.6 Å². The first-order valence-electron chi connectivity index (χ1n) is 11.3. The molecule has 0 bridgehead atoms. The molecule has 4 rings (SSSR count). The second-order valence-electron chi connectivity index (χ2n) is 10.9. The molecule has 4 fully saturated rings. The van der Waals surface area contributed by atoms with Crippen LogP contribution in [0.15, 0.2) is 0 Å². The van der Waals surface area contributed by atoms with Gasteiger partial charge in [0.05, 0.1) is 0 Å². The lowest BCUT2D eigenvalue weighted by atomic mass is 9.42. The molecule has 0 heterocycles. The summed E-state index contributed by atoms with van der Waals surface area (Å²) in [4.78, 5) is 36.9. The van der Waals surface area contributed by atoms with Crippen molar-refractivity contribution < 1.29 is 19.1 Å². The van der Waals surface area contributed by atoms with Gasteiger partial charge in [-0.15, -0.1) is 0 Å². The van der Waals surface area contributed by atoms with Crippen molar-refractivity contribution in [3.05, 3.63) is 0 Å². The third kappa shape index (κ3) is 2.51. The second kappa shape index (κ2) is 6.40. The third-order valence-corrected chi connectivity index (χ3v) is 9.86. The summed E-state index contributed by atoms with van der Waals surface area (Å²) in [6.45, 7) is 10.0. The Balaban J connectivity index is 1.70. The lowest BCUT2D eigenvalue weighted by molar-refractivity contribution is -0.194. The topological polar surface area (TPSA) is 60.4 Å². The number of carbonyl (C=O) groups is 3. The number of carbonyl (C=O) groups excluding carboxylic acids is 3. The number of Topliss-reactive ketones (excluding diaryl/α,β-unsaturated/α-hetero) is 2. The molecule has 8 unspecified atom stereocenters. The van der Waals surface area contributed by atoms with Crippen LogP contribution < -0.4 is 0 Å². The molecule has 4 aliphatic carbocycles. The number of fused-ring (bicyclic) bond motifs is 5. The average molecular weight is 389 g/mol. The van der Waals surface area contributed by atoms with Crippen LogP contribution in [0.3, 0.4) is 0 Å². The van der Waals surface area contributed by atoms with Gasteiger partial charge in [-0.2, -0.15) is 0 Å². The number of esters is 1. The van der Waals surface area contributed by atoms with Crippen LogP contribution in [0, 0.1) is 40.4 Å². The maximum atomic E-state index is 12.8. The Kier molecular flexibility index (Phi) is 4.60. The Morgan fingerprint density at radius 2 is 1.68 bits per heavy atom. The van der Waals surface area contributed by atoms with Crippen LogP contribution in [0.1, 0.15) is 86.0 Å². The van der Waals surface area contributed by atoms with E-state index in [1.807, 2.05) is 0 Å². The van der Waals surface area contributed by atoms with Crippen molar-refractivity contribution in [2.45, 2.75) is 91.6 Å². The lowest BCUT2D eigenvalue weighted by Gasteiger charge is -2.62. The minimum atomic E-state index is -0.946. The highest BCUT2D eigenvalue weighted by molar-refractivity contribution is 5.89. The van der Waals surface area contributed by atoms with Crippen molar-refractivity contribution in [3.63, 3.8) is 0 Å². The molecular weight excluding hydrogens is 352 g/mol. The fourth-order valence-corrected chi connectivity index (χ4v) is 8.58. The van der Waals surface area contributed by atoms with E-state index in [1.165, 1.54) is 6.92 Å². The van der Waals surface area contributed by atoms with Gasteiger partial charge in [-0.05, 0) is 80.5 Å². The van der Waals surface area contributed by atoms with E-state index in [1.54, 1.807) is 6.92 Å². The molecule has 0 radical (unpaired) electrons. The van der Waals surface area contributed by atoms with E-state index in [2.05, 4.69) is 20.8 Å². The summed E-state index contributed by atoms with van der Waals surface area (Å²) in [7, 11) is 0. The summed E-state index contributed by atoms with van der Waals surface area (Å²) in [5.41, 5.74) is -0.975. The van der Waals surface area contributed by atoms with Gasteiger partial charge in [-0.25, -0.2) is 0 Å². The zero-order valence-corrected chi connectivity index (χ0v) is 18.2. The quantitative estimate of drug-likeness (QED) is 0.641. The lowest BCUT2D eigenvalue weighted by Crippen LogP contribution is -2.60. The molecule has 0 aromatic carbocycles. The zero-order chi connectivity index (χ0) is 20.5. The van der Waals surface area contributed by atoms with E-state index in [9.17, 15) is 14.4 Å². The summed E-state index contributed by atoms with van der Waals surface area (Å²) < 4.78 is 5.85. The van der Waals surface area contributed by atoms with Gasteiger partial charge in [0.25, 0.3) is 0 Å². The molecule has 0 aromatic rings. The van der Waals surface area contributed by atoms with E-state index in [0.29, 0.717) is 41.8 Å². The molecule has 28 heavy (non-hydrogen) atoms. The SMILES string of the molecule is CC(=O)OC1(C(C)=O)CCC2C3CC(C)C4CC(=O)CCC4(C)C3CCC21C. The van der Waals surface area contributed by atoms with Crippen LogP contribution in [-0.2, 0) is 19.1 Å². The van der Waals surface area contributed by atoms with Gasteiger partial charge in [0, 0.05) is 25.2 Å². The van der Waals surface area contributed by atoms with Gasteiger partial charge in [-0.1, -0.05) is 20.8 Å². The highest BCUT2D eigenvalue weighted by atomic mass is 16.6. The van der Waals surface area contributed by atoms with E-state index < -0.39 is 5.60 Å². The normalized spacial score (nSPS) is 50.3. The van der Waals surface area contributed by atoms with Crippen molar-refractivity contribution in [1.29, 1.82) is 0 Å². The van der Waals surface area contributed by atoms with Gasteiger partial charge in [-0.3, -0.25) is 14.4 Å². The molecule has 0 N–H and O–H groups in total. The number of hydrogen-bond acceptors (Lipinski definition) is 4. The second-order valence-corrected chi connectivity index (χ2v) is 10.9. The van der Waals surface area contributed by atoms with Gasteiger partial charge < -0.3 is 4.74 Å². The Morgan fingerprint density at radius 1 is 1.00 bits per heavy atom. The summed E-state index contributed by atoms with van der Waals surface area (Å²) in [5.74, 6) is 2.79. The van der Waals surface area contributed by atoms with Crippen LogP contribution in [0.25, 0.3) is 0 Å². The molecule has 156 valence electrons. The number of ether oxygens (including phenoxy) is 1. The van der Waals surface area contributed by atoms with Crippen molar-refractivity contribution in [1.82, 2.24) is 0 Å². The van der Waals surface area contributed by atoms with Crippen molar-refractivity contribution in [3.8, 4) is 0 Å². The largest absolute Gasteiger partial charge is 0.451 e. The van der Waals surface area contributed by atoms with E-state index in [4.69, 9.17) is 4.74 Å². The minimum Gasteiger partial charge on any atom is -0.451 e. The Morgan fingerprint density at radius 3 is 2.32 bits per heavy atom. The number of hydrogen-bond donors (Lipinski definition) is 0. The smallest absolute Gasteiger partial charge is 0.303 e. The molecule has 0 saturated heterocycles. The predicted octanol–water partition coefficient (Wildman–Crippen LogP) is 4.74. The van der Waals surface area contributed by atoms with Crippen LogP contribution >= 0.6 is 0 Å². The highest BCUT2D eigenvalue weighted by Gasteiger charge is 2.68. The Bertz CT molecular complexity index is 713. The predicted molar refractivity (Wildman–Crippen MR) is 106 cm³/mol. The molecule has 0 aromatic heterocycles. The maximum Gasteiger partial charge on any atom is 0.303 e. The molecule has 4 aliphatic rings. The molecule has 0 spiro atoms. The van der Waals surface area contributed by atoms with Crippen LogP contribution in [-0.4, -0.2) is 23.1 Å². The molecule has 4 nitrogen and oxygen atoms in total. The average Bonchev–Trinajstić information content (AvgIpc) is 2.90. The number of rotatable bonds is 2. The Hall–Kier alpha value is -1.19. The zero-order valence-electron chi connectivity index (χ0n) is 18.2. The van der Waals surface area contributed by atoms with Gasteiger partial charge in [0.2, 0.25) is 0 Å². The summed E-state index contributed by atoms with van der Waals surface area (Å²) in [6, 6.07) is 0. The first kappa shape index (κ1) is 20.1. The first-order chi connectivity index (χ1) is 13.0. The number of ketones is 2. The molecule has 8 atom stereocenters. The Labute approximate surface area is 169 Å². The van der Waals surface area contributed by atoms with Crippen LogP contribution in [0.5, 0.6) is 0 Å². The molecule has 4 heteroatoms. The van der Waals surface area contributed by atoms with Gasteiger partial charge >= 0.3 is 5.97 Å². The molecule has 0 aliphatic heterocycles. The van der Waals surface area contributed by atoms with E-state index >= 15 is 0 Å². The first-order valence-corrected chi connectivity index (χ1v) is 11.3. The minimum absolute atomic E-state index is 0.0161. The summed E-state index contributed by atoms with van der Waals surface area (Å²) in [6.07, 6.45) is 7.32. The van der Waals surface area contributed by atoms with E-state index in [0.717, 1.165) is 44.9 Å². The highest BCUT2D eigenvalue weighted by Crippen LogP contribution is 2.69. The fourth-order valence-electron chi connectivity index (χ4n) is 8.58. The molecule has 4 saturated carbocycles. The van der Waals surface area contributed by atoms with Gasteiger partial charge in [0.15, 0.2) is 11.4 Å². The van der Waals surface area contributed by atoms with Crippen molar-refractivity contribution in [2.75, 3.05) is 0 Å². The third-order valence-electron chi connectivity index (χ3n) is 9.86. The van der Waals surface area contributed by atoms with Crippen molar-refractivity contribution in [2.24, 2.45) is 40.4 Å². The summed E-state index contributed by atoms with van der Waals surface area (Å²) >= 11 is 0. The maximum absolute atomic E-state index is 12.8.